The lowest BCUT2D eigenvalue weighted by Gasteiger charge is -2.25. The third kappa shape index (κ3) is 4.51. The second-order valence-corrected chi connectivity index (χ2v) is 7.53. The highest BCUT2D eigenvalue weighted by Crippen LogP contribution is 2.51. The van der Waals surface area contributed by atoms with Crippen LogP contribution >= 0.6 is 7.60 Å². The molecule has 0 radical (unpaired) electrons. The second kappa shape index (κ2) is 8.20. The molecule has 0 saturated carbocycles. The van der Waals surface area contributed by atoms with E-state index in [1.165, 1.54) is 26.4 Å². The monoisotopic (exact) mass is 351 g/mol. The number of carbonyl (C=O) groups excluding carboxylic acids is 1. The fraction of sp³-hybridized carbons (Fsp3) is 0.235. The molecule has 7 heteroatoms. The van der Waals surface area contributed by atoms with Gasteiger partial charge in [0.05, 0.1) is 0 Å². The van der Waals surface area contributed by atoms with E-state index in [1.54, 1.807) is 42.5 Å². The van der Waals surface area contributed by atoms with Gasteiger partial charge in [-0.05, 0) is 29.8 Å². The summed E-state index contributed by atoms with van der Waals surface area (Å²) in [5.74, 6) is -1.77. The quantitative estimate of drug-likeness (QED) is 0.774. The highest BCUT2D eigenvalue weighted by molar-refractivity contribution is 7.54. The standard InChI is InChI=1S/C17H19FNO4P/c1-22-24(21,23-2)16(12-13-7-6-10-15(18)11-13)19-17(20)14-8-4-3-5-9-14/h3-11,16H,12H2,1-2H3,(H,19,20)/t16-/m0/s1. The number of nitrogens with one attached hydrogen (secondary N) is 1. The van der Waals surface area contributed by atoms with Crippen LogP contribution in [0.3, 0.4) is 0 Å². The van der Waals surface area contributed by atoms with Crippen molar-refractivity contribution in [3.05, 3.63) is 71.5 Å². The van der Waals surface area contributed by atoms with Gasteiger partial charge >= 0.3 is 7.60 Å². The molecule has 0 aliphatic carbocycles. The summed E-state index contributed by atoms with van der Waals surface area (Å²) in [6.07, 6.45) is 0.106. The fourth-order valence-corrected chi connectivity index (χ4v) is 3.65. The molecule has 2 aromatic carbocycles. The number of benzene rings is 2. The molecular formula is C17H19FNO4P. The molecule has 0 bridgehead atoms. The zero-order valence-corrected chi connectivity index (χ0v) is 14.3. The van der Waals surface area contributed by atoms with Crippen molar-refractivity contribution < 1.29 is 22.8 Å². The highest BCUT2D eigenvalue weighted by Gasteiger charge is 2.35. The molecule has 0 aromatic heterocycles. The number of amides is 1. The van der Waals surface area contributed by atoms with Gasteiger partial charge in [-0.1, -0.05) is 30.3 Å². The van der Waals surface area contributed by atoms with E-state index in [2.05, 4.69) is 5.32 Å². The fourth-order valence-electron chi connectivity index (χ4n) is 2.28. The van der Waals surface area contributed by atoms with E-state index in [0.29, 0.717) is 11.1 Å². The maximum absolute atomic E-state index is 13.4. The van der Waals surface area contributed by atoms with Gasteiger partial charge in [-0.15, -0.1) is 0 Å². The summed E-state index contributed by atoms with van der Waals surface area (Å²) < 4.78 is 36.2. The lowest BCUT2D eigenvalue weighted by Crippen LogP contribution is -2.37. The molecule has 0 saturated heterocycles. The molecule has 128 valence electrons. The summed E-state index contributed by atoms with van der Waals surface area (Å²) in [5.41, 5.74) is 0.989. The zero-order chi connectivity index (χ0) is 17.6. The van der Waals surface area contributed by atoms with Crippen molar-refractivity contribution in [3.63, 3.8) is 0 Å². The molecule has 0 aliphatic heterocycles. The first-order chi connectivity index (χ1) is 11.5. The van der Waals surface area contributed by atoms with E-state index in [1.807, 2.05) is 0 Å². The molecule has 0 spiro atoms. The van der Waals surface area contributed by atoms with Gasteiger partial charge < -0.3 is 14.4 Å². The van der Waals surface area contributed by atoms with Crippen LogP contribution in [-0.4, -0.2) is 25.9 Å². The minimum Gasteiger partial charge on any atom is -0.338 e. The maximum Gasteiger partial charge on any atom is 0.352 e. The van der Waals surface area contributed by atoms with Crippen molar-refractivity contribution in [2.75, 3.05) is 14.2 Å². The smallest absolute Gasteiger partial charge is 0.338 e. The number of carbonyl (C=O) groups is 1. The summed E-state index contributed by atoms with van der Waals surface area (Å²) in [6.45, 7) is 0. The Bertz CT molecular complexity index is 730. The number of halogens is 1. The van der Waals surface area contributed by atoms with Crippen LogP contribution < -0.4 is 5.32 Å². The van der Waals surface area contributed by atoms with Gasteiger partial charge in [-0.2, -0.15) is 0 Å². The van der Waals surface area contributed by atoms with E-state index >= 15 is 0 Å². The summed E-state index contributed by atoms with van der Waals surface area (Å²) in [5, 5.41) is 2.67. The van der Waals surface area contributed by atoms with Crippen LogP contribution in [-0.2, 0) is 20.0 Å². The Morgan fingerprint density at radius 3 is 2.38 bits per heavy atom. The molecule has 1 amide bonds. The Morgan fingerprint density at radius 1 is 1.12 bits per heavy atom. The lowest BCUT2D eigenvalue weighted by molar-refractivity contribution is 0.0941. The summed E-state index contributed by atoms with van der Waals surface area (Å²) in [7, 11) is -1.11. The predicted molar refractivity (Wildman–Crippen MR) is 89.4 cm³/mol. The highest BCUT2D eigenvalue weighted by atomic mass is 31.2. The average molecular weight is 351 g/mol. The van der Waals surface area contributed by atoms with Crippen molar-refractivity contribution >= 4 is 13.5 Å². The van der Waals surface area contributed by atoms with Crippen molar-refractivity contribution in [2.45, 2.75) is 12.2 Å². The average Bonchev–Trinajstić information content (AvgIpc) is 2.61. The third-order valence-electron chi connectivity index (χ3n) is 3.54. The van der Waals surface area contributed by atoms with Crippen molar-refractivity contribution in [1.29, 1.82) is 0 Å². The van der Waals surface area contributed by atoms with Crippen LogP contribution in [0.4, 0.5) is 4.39 Å². The largest absolute Gasteiger partial charge is 0.352 e. The third-order valence-corrected chi connectivity index (χ3v) is 5.64. The maximum atomic E-state index is 13.4. The lowest BCUT2D eigenvalue weighted by atomic mass is 10.1. The topological polar surface area (TPSA) is 64.6 Å². The van der Waals surface area contributed by atoms with E-state index in [9.17, 15) is 13.8 Å². The Morgan fingerprint density at radius 2 is 1.79 bits per heavy atom. The molecule has 2 rings (SSSR count). The van der Waals surface area contributed by atoms with Gasteiger partial charge in [0.2, 0.25) is 0 Å². The Kier molecular flexibility index (Phi) is 6.26. The Labute approximate surface area is 140 Å². The van der Waals surface area contributed by atoms with Gasteiger partial charge in [0.15, 0.2) is 0 Å². The molecule has 1 N–H and O–H groups in total. The van der Waals surface area contributed by atoms with Gasteiger partial charge in [-0.25, -0.2) is 4.39 Å². The van der Waals surface area contributed by atoms with Crippen molar-refractivity contribution in [2.24, 2.45) is 0 Å². The van der Waals surface area contributed by atoms with Gasteiger partial charge in [0.25, 0.3) is 5.91 Å². The minimum atomic E-state index is -3.60. The molecule has 24 heavy (non-hydrogen) atoms. The summed E-state index contributed by atoms with van der Waals surface area (Å²) in [6, 6.07) is 14.4. The SMILES string of the molecule is COP(=O)(OC)[C@@H](Cc1cccc(F)c1)NC(=O)c1ccccc1. The number of rotatable bonds is 7. The molecule has 2 aromatic rings. The van der Waals surface area contributed by atoms with Crippen LogP contribution in [0, 0.1) is 5.82 Å². The molecule has 5 nitrogen and oxygen atoms in total. The molecular weight excluding hydrogens is 332 g/mol. The van der Waals surface area contributed by atoms with E-state index in [-0.39, 0.29) is 6.42 Å². The Hall–Kier alpha value is -2.01. The van der Waals surface area contributed by atoms with E-state index < -0.39 is 25.1 Å². The van der Waals surface area contributed by atoms with E-state index in [0.717, 1.165) is 0 Å². The first-order valence-corrected chi connectivity index (χ1v) is 8.91. The first kappa shape index (κ1) is 18.3. The molecule has 0 aliphatic rings. The molecule has 0 unspecified atom stereocenters. The minimum absolute atomic E-state index is 0.106. The van der Waals surface area contributed by atoms with Crippen molar-refractivity contribution in [3.8, 4) is 0 Å². The van der Waals surface area contributed by atoms with Gasteiger partial charge in [-0.3, -0.25) is 9.36 Å². The Balaban J connectivity index is 2.26. The van der Waals surface area contributed by atoms with Gasteiger partial charge in [0, 0.05) is 26.2 Å². The van der Waals surface area contributed by atoms with Gasteiger partial charge in [0.1, 0.15) is 11.6 Å². The normalized spacial score (nSPS) is 12.6. The van der Waals surface area contributed by atoms with Crippen molar-refractivity contribution in [1.82, 2.24) is 5.32 Å². The number of hydrogen-bond acceptors (Lipinski definition) is 4. The van der Waals surface area contributed by atoms with Crippen LogP contribution in [0.25, 0.3) is 0 Å². The molecule has 0 fully saturated rings. The van der Waals surface area contributed by atoms with Crippen LogP contribution in [0.1, 0.15) is 15.9 Å². The molecule has 1 atom stereocenters. The zero-order valence-electron chi connectivity index (χ0n) is 13.4. The molecule has 0 heterocycles. The number of hydrogen-bond donors (Lipinski definition) is 1. The summed E-state index contributed by atoms with van der Waals surface area (Å²) >= 11 is 0. The van der Waals surface area contributed by atoms with Crippen LogP contribution in [0.2, 0.25) is 0 Å². The predicted octanol–water partition coefficient (Wildman–Crippen LogP) is 3.61. The first-order valence-electron chi connectivity index (χ1n) is 7.30. The summed E-state index contributed by atoms with van der Waals surface area (Å²) in [4.78, 5) is 12.4. The van der Waals surface area contributed by atoms with Crippen LogP contribution in [0.5, 0.6) is 0 Å². The second-order valence-electron chi connectivity index (χ2n) is 5.09. The van der Waals surface area contributed by atoms with E-state index in [4.69, 9.17) is 9.05 Å². The van der Waals surface area contributed by atoms with Crippen LogP contribution in [0.15, 0.2) is 54.6 Å².